The summed E-state index contributed by atoms with van der Waals surface area (Å²) in [6, 6.07) is 17.2. The minimum Gasteiger partial charge on any atom is -0.465 e. The number of carbonyl (C=O) groups excluding carboxylic acids is 2. The molecule has 0 saturated heterocycles. The van der Waals surface area contributed by atoms with Gasteiger partial charge in [0, 0.05) is 5.69 Å². The van der Waals surface area contributed by atoms with Crippen LogP contribution in [0.15, 0.2) is 70.7 Å². The maximum Gasteiger partial charge on any atom is 0.350 e. The molecular formula is C23H21N5O5S3. The number of aryl methyl sites for hydroxylation is 1. The second-order valence-electron chi connectivity index (χ2n) is 7.40. The summed E-state index contributed by atoms with van der Waals surface area (Å²) >= 11 is 2.13. The minimum absolute atomic E-state index is 0.0391. The molecule has 0 unspecified atom stereocenters. The molecule has 0 aliphatic heterocycles. The van der Waals surface area contributed by atoms with Gasteiger partial charge in [0.2, 0.25) is 5.91 Å². The Morgan fingerprint density at radius 2 is 1.72 bits per heavy atom. The molecule has 10 nitrogen and oxygen atoms in total. The van der Waals surface area contributed by atoms with Gasteiger partial charge in [-0.15, -0.1) is 10.2 Å². The van der Waals surface area contributed by atoms with Crippen molar-refractivity contribution >= 4 is 49.9 Å². The Bertz CT molecular complexity index is 1490. The van der Waals surface area contributed by atoms with E-state index in [1.165, 1.54) is 19.2 Å². The van der Waals surface area contributed by atoms with Crippen molar-refractivity contribution in [1.29, 1.82) is 0 Å². The number of nitrogens with one attached hydrogen (secondary N) is 1. The summed E-state index contributed by atoms with van der Waals surface area (Å²) in [4.78, 5) is 29.0. The Hall–Kier alpha value is -3.55. The standard InChI is InChI=1S/C23H21N5O5S3/c1-15-20(21(30)33-2)35-22(24-15)25-19(29)13-34-23-27-26-18(28(23)16-9-5-3-6-10-16)14-36(31,32)17-11-7-4-8-12-17/h3-12H,13-14H2,1-2H3,(H,24,25,29). The zero-order valence-electron chi connectivity index (χ0n) is 19.2. The highest BCUT2D eigenvalue weighted by atomic mass is 32.2. The van der Waals surface area contributed by atoms with Crippen molar-refractivity contribution in [3.05, 3.63) is 77.1 Å². The molecule has 4 aromatic rings. The summed E-state index contributed by atoms with van der Waals surface area (Å²) in [7, 11) is -2.39. The van der Waals surface area contributed by atoms with Crippen molar-refractivity contribution < 1.29 is 22.7 Å². The molecule has 0 aliphatic carbocycles. The lowest BCUT2D eigenvalue weighted by molar-refractivity contribution is -0.113. The smallest absolute Gasteiger partial charge is 0.350 e. The number of sulfone groups is 1. The molecule has 0 saturated carbocycles. The topological polar surface area (TPSA) is 133 Å². The Kier molecular flexibility index (Phi) is 7.82. The molecule has 0 bridgehead atoms. The van der Waals surface area contributed by atoms with Gasteiger partial charge >= 0.3 is 5.97 Å². The number of thioether (sulfide) groups is 1. The number of para-hydroxylation sites is 1. The number of esters is 1. The number of amides is 1. The van der Waals surface area contributed by atoms with E-state index in [9.17, 15) is 18.0 Å². The van der Waals surface area contributed by atoms with Gasteiger partial charge in [0.05, 0.1) is 23.5 Å². The van der Waals surface area contributed by atoms with Crippen molar-refractivity contribution in [3.63, 3.8) is 0 Å². The highest BCUT2D eigenvalue weighted by Crippen LogP contribution is 2.26. The first-order valence-corrected chi connectivity index (χ1v) is 14.0. The number of thiazole rings is 1. The number of rotatable bonds is 9. The number of nitrogens with zero attached hydrogens (tertiary/aromatic N) is 4. The molecule has 0 aliphatic rings. The van der Waals surface area contributed by atoms with Gasteiger partial charge in [-0.1, -0.05) is 59.5 Å². The van der Waals surface area contributed by atoms with Gasteiger partial charge in [0.15, 0.2) is 25.9 Å². The molecule has 1 amide bonds. The van der Waals surface area contributed by atoms with E-state index < -0.39 is 15.8 Å². The van der Waals surface area contributed by atoms with Crippen LogP contribution in [0.1, 0.15) is 21.2 Å². The van der Waals surface area contributed by atoms with Crippen molar-refractivity contribution in [2.75, 3.05) is 18.2 Å². The fourth-order valence-electron chi connectivity index (χ4n) is 3.22. The zero-order valence-corrected chi connectivity index (χ0v) is 21.7. The van der Waals surface area contributed by atoms with Crippen LogP contribution in [0.5, 0.6) is 0 Å². The van der Waals surface area contributed by atoms with Crippen molar-refractivity contribution in [1.82, 2.24) is 19.7 Å². The summed E-state index contributed by atoms with van der Waals surface area (Å²) in [6.45, 7) is 1.65. The number of hydrogen-bond donors (Lipinski definition) is 1. The van der Waals surface area contributed by atoms with E-state index >= 15 is 0 Å². The van der Waals surface area contributed by atoms with Crippen molar-refractivity contribution in [2.24, 2.45) is 0 Å². The molecule has 186 valence electrons. The highest BCUT2D eigenvalue weighted by molar-refractivity contribution is 7.99. The molecule has 36 heavy (non-hydrogen) atoms. The van der Waals surface area contributed by atoms with Crippen LogP contribution < -0.4 is 5.32 Å². The maximum atomic E-state index is 13.0. The first kappa shape index (κ1) is 25.5. The van der Waals surface area contributed by atoms with E-state index in [0.29, 0.717) is 21.4 Å². The highest BCUT2D eigenvalue weighted by Gasteiger charge is 2.23. The van der Waals surface area contributed by atoms with Crippen LogP contribution in [-0.4, -0.2) is 52.9 Å². The van der Waals surface area contributed by atoms with Crippen LogP contribution >= 0.6 is 23.1 Å². The predicted molar refractivity (Wildman–Crippen MR) is 136 cm³/mol. The fourth-order valence-corrected chi connectivity index (χ4v) is 6.16. The van der Waals surface area contributed by atoms with E-state index in [4.69, 9.17) is 4.74 Å². The van der Waals surface area contributed by atoms with Crippen LogP contribution in [0.4, 0.5) is 5.13 Å². The molecule has 2 heterocycles. The Labute approximate surface area is 215 Å². The van der Waals surface area contributed by atoms with Crippen LogP contribution in [0.3, 0.4) is 0 Å². The molecular weight excluding hydrogens is 522 g/mol. The number of anilines is 1. The van der Waals surface area contributed by atoms with Gasteiger partial charge in [-0.05, 0) is 31.2 Å². The monoisotopic (exact) mass is 543 g/mol. The van der Waals surface area contributed by atoms with E-state index in [1.54, 1.807) is 41.8 Å². The van der Waals surface area contributed by atoms with Crippen LogP contribution in [0.2, 0.25) is 0 Å². The quantitative estimate of drug-likeness (QED) is 0.249. The second kappa shape index (κ2) is 11.0. The van der Waals surface area contributed by atoms with E-state index in [0.717, 1.165) is 23.1 Å². The summed E-state index contributed by atoms with van der Waals surface area (Å²) < 4.78 is 32.3. The molecule has 2 aromatic heterocycles. The van der Waals surface area contributed by atoms with Crippen molar-refractivity contribution in [2.45, 2.75) is 22.7 Å². The molecule has 0 spiro atoms. The third-order valence-electron chi connectivity index (χ3n) is 4.88. The fraction of sp³-hybridized carbons (Fsp3) is 0.174. The molecule has 0 radical (unpaired) electrons. The van der Waals surface area contributed by atoms with Gasteiger partial charge in [0.25, 0.3) is 0 Å². The minimum atomic E-state index is -3.67. The van der Waals surface area contributed by atoms with Crippen molar-refractivity contribution in [3.8, 4) is 5.69 Å². The largest absolute Gasteiger partial charge is 0.465 e. The molecule has 13 heteroatoms. The number of carbonyl (C=O) groups is 2. The maximum absolute atomic E-state index is 13.0. The van der Waals surface area contributed by atoms with Crippen LogP contribution in [-0.2, 0) is 25.1 Å². The SMILES string of the molecule is COC(=O)c1sc(NC(=O)CSc2nnc(CS(=O)(=O)c3ccccc3)n2-c2ccccc2)nc1C. The molecule has 1 N–H and O–H groups in total. The van der Waals surface area contributed by atoms with E-state index in [1.807, 2.05) is 18.2 Å². The average Bonchev–Trinajstić information content (AvgIpc) is 3.45. The third-order valence-corrected chi connectivity index (χ3v) is 8.49. The zero-order chi connectivity index (χ0) is 25.7. The molecule has 4 rings (SSSR count). The summed E-state index contributed by atoms with van der Waals surface area (Å²) in [5.74, 6) is -1.06. The van der Waals surface area contributed by atoms with Gasteiger partial charge in [0.1, 0.15) is 10.6 Å². The third kappa shape index (κ3) is 5.80. The molecule has 0 fully saturated rings. The van der Waals surface area contributed by atoms with Gasteiger partial charge in [-0.25, -0.2) is 18.2 Å². The lowest BCUT2D eigenvalue weighted by Gasteiger charge is -2.10. The van der Waals surface area contributed by atoms with Crippen LogP contribution in [0, 0.1) is 6.92 Å². The molecule has 0 atom stereocenters. The Morgan fingerprint density at radius 3 is 2.39 bits per heavy atom. The summed E-state index contributed by atoms with van der Waals surface area (Å²) in [5, 5.41) is 11.6. The first-order valence-electron chi connectivity index (χ1n) is 10.5. The number of benzene rings is 2. The first-order chi connectivity index (χ1) is 17.3. The normalized spacial score (nSPS) is 11.3. The number of hydrogen-bond acceptors (Lipinski definition) is 10. The summed E-state index contributed by atoms with van der Waals surface area (Å²) in [5.41, 5.74) is 1.13. The number of aromatic nitrogens is 4. The number of ether oxygens (including phenoxy) is 1. The number of methoxy groups -OCH3 is 1. The summed E-state index contributed by atoms with van der Waals surface area (Å²) in [6.07, 6.45) is 0. The van der Waals surface area contributed by atoms with E-state index in [-0.39, 0.29) is 33.3 Å². The van der Waals surface area contributed by atoms with Gasteiger partial charge < -0.3 is 10.1 Å². The molecule has 2 aromatic carbocycles. The Balaban J connectivity index is 1.54. The second-order valence-corrected chi connectivity index (χ2v) is 11.3. The predicted octanol–water partition coefficient (Wildman–Crippen LogP) is 3.52. The van der Waals surface area contributed by atoms with Crippen LogP contribution in [0.25, 0.3) is 5.69 Å². The lowest BCUT2D eigenvalue weighted by Crippen LogP contribution is -2.15. The Morgan fingerprint density at radius 1 is 1.06 bits per heavy atom. The lowest BCUT2D eigenvalue weighted by atomic mass is 10.3. The van der Waals surface area contributed by atoms with Gasteiger partial charge in [-0.3, -0.25) is 9.36 Å². The van der Waals surface area contributed by atoms with E-state index in [2.05, 4.69) is 20.5 Å². The van der Waals surface area contributed by atoms with Gasteiger partial charge in [-0.2, -0.15) is 0 Å². The average molecular weight is 544 g/mol.